The van der Waals surface area contributed by atoms with E-state index in [1.54, 1.807) is 24.3 Å². The average Bonchev–Trinajstić information content (AvgIpc) is 2.58. The molecule has 7 nitrogen and oxygen atoms in total. The topological polar surface area (TPSA) is 114 Å². The summed E-state index contributed by atoms with van der Waals surface area (Å²) in [6.07, 6.45) is 4.30. The van der Waals surface area contributed by atoms with E-state index in [1.807, 2.05) is 0 Å². The smallest absolute Gasteiger partial charge is 0.862 e. The second kappa shape index (κ2) is 16.3. The molecule has 0 amide bonds. The van der Waals surface area contributed by atoms with Gasteiger partial charge in [-0.3, -0.25) is 9.56 Å². The molecular formula is C18H28NNa2O6P. The number of rotatable bonds is 12. The second-order valence-electron chi connectivity index (χ2n) is 6.19. The van der Waals surface area contributed by atoms with Crippen LogP contribution < -0.4 is 73.9 Å². The maximum atomic E-state index is 12.2. The van der Waals surface area contributed by atoms with Gasteiger partial charge in [0.15, 0.2) is 0 Å². The number of hydrogen-bond donors (Lipinski definition) is 1. The first kappa shape index (κ1) is 30.8. The molecule has 0 aliphatic carbocycles. The van der Waals surface area contributed by atoms with Crippen molar-refractivity contribution in [1.82, 2.24) is 0 Å². The van der Waals surface area contributed by atoms with Gasteiger partial charge in [0.1, 0.15) is 11.8 Å². The molecule has 0 saturated heterocycles. The minimum absolute atomic E-state index is 0. The van der Waals surface area contributed by atoms with Crippen molar-refractivity contribution < 1.29 is 87.8 Å². The Labute approximate surface area is 212 Å². The quantitative estimate of drug-likeness (QED) is 0.122. The molecule has 10 heteroatoms. The molecule has 1 aromatic rings. The van der Waals surface area contributed by atoms with Crippen molar-refractivity contribution in [2.45, 2.75) is 64.5 Å². The van der Waals surface area contributed by atoms with Crippen molar-refractivity contribution in [3.8, 4) is 5.75 Å². The molecule has 1 N–H and O–H groups in total. The Kier molecular flexibility index (Phi) is 17.9. The second-order valence-corrected chi connectivity index (χ2v) is 7.34. The molecule has 0 heterocycles. The molecule has 3 unspecified atom stereocenters. The zero-order valence-electron chi connectivity index (χ0n) is 17.6. The van der Waals surface area contributed by atoms with E-state index in [-0.39, 0.29) is 65.0 Å². The van der Waals surface area contributed by atoms with Crippen LogP contribution in [0.25, 0.3) is 0 Å². The van der Waals surface area contributed by atoms with Crippen LogP contribution >= 0.6 is 7.82 Å². The fourth-order valence-corrected chi connectivity index (χ4v) is 3.18. The van der Waals surface area contributed by atoms with Crippen molar-refractivity contribution in [3.63, 3.8) is 0 Å². The number of hydrogen-bond acceptors (Lipinski definition) is 6. The Morgan fingerprint density at radius 2 is 1.89 bits per heavy atom. The predicted octanol–water partition coefficient (Wildman–Crippen LogP) is -3.27. The summed E-state index contributed by atoms with van der Waals surface area (Å²) >= 11 is 0. The van der Waals surface area contributed by atoms with Crippen molar-refractivity contribution in [3.05, 3.63) is 29.8 Å². The number of phosphoric acid groups is 1. The summed E-state index contributed by atoms with van der Waals surface area (Å²) in [5.41, 5.74) is 0.574. The number of methoxy groups -OCH3 is 1. The van der Waals surface area contributed by atoms with E-state index >= 15 is 0 Å². The van der Waals surface area contributed by atoms with Crippen LogP contribution in [0.2, 0.25) is 0 Å². The van der Waals surface area contributed by atoms with Crippen molar-refractivity contribution in [2.24, 2.45) is 4.99 Å². The van der Waals surface area contributed by atoms with Crippen LogP contribution in [0, 0.1) is 0 Å². The molecule has 0 radical (unpaired) electrons. The van der Waals surface area contributed by atoms with Gasteiger partial charge in [0.25, 0.3) is 7.82 Å². The molecule has 0 saturated carbocycles. The summed E-state index contributed by atoms with van der Waals surface area (Å²) in [7, 11) is -3.44. The Morgan fingerprint density at radius 3 is 2.46 bits per heavy atom. The van der Waals surface area contributed by atoms with E-state index in [1.165, 1.54) is 14.0 Å². The number of phosphoric ester groups is 1. The zero-order chi connectivity index (χ0) is 19.6. The maximum absolute atomic E-state index is 12.2. The summed E-state index contributed by atoms with van der Waals surface area (Å²) in [5, 5.41) is 12.2. The normalized spacial score (nSPS) is 15.5. The van der Waals surface area contributed by atoms with Crippen molar-refractivity contribution in [2.75, 3.05) is 7.11 Å². The molecule has 0 fully saturated rings. The Morgan fingerprint density at radius 1 is 1.25 bits per heavy atom. The van der Waals surface area contributed by atoms with Crippen LogP contribution in [0.15, 0.2) is 29.3 Å². The summed E-state index contributed by atoms with van der Waals surface area (Å²) in [6, 6.07) is 5.96. The fraction of sp³-hybridized carbons (Fsp3) is 0.611. The molecule has 1 aromatic carbocycles. The van der Waals surface area contributed by atoms with Crippen LogP contribution in [0.4, 0.5) is 0 Å². The van der Waals surface area contributed by atoms with E-state index in [9.17, 15) is 14.6 Å². The third-order valence-electron chi connectivity index (χ3n) is 3.96. The van der Waals surface area contributed by atoms with Gasteiger partial charge in [0.05, 0.1) is 13.2 Å². The van der Waals surface area contributed by atoms with Crippen LogP contribution in [0.5, 0.6) is 5.75 Å². The summed E-state index contributed by atoms with van der Waals surface area (Å²) in [5.74, 6) is 0.236. The third-order valence-corrected chi connectivity index (χ3v) is 4.56. The molecular weight excluding hydrogens is 403 g/mol. The standard InChI is InChI=1S/C18H30NO6P.2Na/c1-4-5-6-7-8-12-17(20)19-18(14(2)25-26(21,22)23)15-10-9-11-16(13-15)24-3;;/h9-11,13-14,18H,4-8,12H2,1-3H3,(H,19,20)(H2,21,22,23);;/q;2*+1/p-2. The molecule has 0 aliphatic rings. The van der Waals surface area contributed by atoms with Crippen LogP contribution in [-0.2, 0) is 9.09 Å². The largest absolute Gasteiger partial charge is 1.00 e. The molecule has 3 atom stereocenters. The molecule has 28 heavy (non-hydrogen) atoms. The Balaban J connectivity index is 0. The molecule has 0 aliphatic heterocycles. The molecule has 1 rings (SSSR count). The summed E-state index contributed by atoms with van der Waals surface area (Å²) < 4.78 is 20.9. The first-order valence-electron chi connectivity index (χ1n) is 8.86. The number of nitrogens with zero attached hydrogens (tertiary/aromatic N) is 1. The minimum Gasteiger partial charge on any atom is -0.862 e. The molecule has 0 bridgehead atoms. The van der Waals surface area contributed by atoms with E-state index in [2.05, 4.69) is 16.4 Å². The Bertz CT molecular complexity index is 626. The van der Waals surface area contributed by atoms with Gasteiger partial charge < -0.3 is 24.2 Å². The van der Waals surface area contributed by atoms with Gasteiger partial charge >= 0.3 is 59.1 Å². The van der Waals surface area contributed by atoms with Crippen molar-refractivity contribution in [1.29, 1.82) is 0 Å². The van der Waals surface area contributed by atoms with Crippen LogP contribution in [0.1, 0.15) is 64.0 Å². The maximum Gasteiger partial charge on any atom is 1.00 e. The van der Waals surface area contributed by atoms with Gasteiger partial charge in [-0.25, -0.2) is 0 Å². The predicted molar refractivity (Wildman–Crippen MR) is 96.9 cm³/mol. The zero-order valence-corrected chi connectivity index (χ0v) is 22.5. The fourth-order valence-electron chi connectivity index (χ4n) is 2.64. The molecule has 148 valence electrons. The van der Waals surface area contributed by atoms with Gasteiger partial charge in [-0.15, -0.1) is 0 Å². The number of unbranched alkanes of at least 4 members (excludes halogenated alkanes) is 4. The van der Waals surface area contributed by atoms with Crippen molar-refractivity contribution >= 4 is 13.7 Å². The monoisotopic (exact) mass is 431 g/mol. The summed E-state index contributed by atoms with van der Waals surface area (Å²) in [4.78, 5) is 24.2. The van der Waals surface area contributed by atoms with Gasteiger partial charge in [-0.2, -0.15) is 0 Å². The summed E-state index contributed by atoms with van der Waals surface area (Å²) in [6.45, 7) is 3.57. The van der Waals surface area contributed by atoms with E-state index in [0.717, 1.165) is 32.1 Å². The number of aliphatic imine (C=N–C) groups is 1. The van der Waals surface area contributed by atoms with Gasteiger partial charge in [0.2, 0.25) is 0 Å². The minimum atomic E-state index is -4.94. The molecule has 0 spiro atoms. The average molecular weight is 431 g/mol. The molecule has 0 aromatic heterocycles. The van der Waals surface area contributed by atoms with Gasteiger partial charge in [-0.05, 0) is 43.4 Å². The van der Waals surface area contributed by atoms with E-state index in [4.69, 9.17) is 9.63 Å². The van der Waals surface area contributed by atoms with Crippen LogP contribution in [-0.4, -0.2) is 24.0 Å². The number of benzene rings is 1. The first-order valence-corrected chi connectivity index (χ1v) is 10.4. The van der Waals surface area contributed by atoms with E-state index < -0.39 is 20.0 Å². The first-order chi connectivity index (χ1) is 12.3. The van der Waals surface area contributed by atoms with Gasteiger partial charge in [-0.1, -0.05) is 44.7 Å². The third kappa shape index (κ3) is 13.0. The Hall–Kier alpha value is 0.600. The van der Waals surface area contributed by atoms with Gasteiger partial charge in [0, 0.05) is 0 Å². The van der Waals surface area contributed by atoms with Crippen LogP contribution in [0.3, 0.4) is 0 Å². The van der Waals surface area contributed by atoms with E-state index in [0.29, 0.717) is 17.7 Å². The number of ether oxygens (including phenoxy) is 1. The SMILES string of the molecule is CCCCCCCC([O-])=NC(c1cccc(OC)c1)C(C)OP(=O)([O-])O.[Na+].[Na+].